The van der Waals surface area contributed by atoms with Gasteiger partial charge < -0.3 is 14.5 Å². The van der Waals surface area contributed by atoms with E-state index in [4.69, 9.17) is 4.74 Å². The van der Waals surface area contributed by atoms with E-state index < -0.39 is 0 Å². The number of ether oxygens (including phenoxy) is 1. The highest BCUT2D eigenvalue weighted by molar-refractivity contribution is 9.10. The maximum absolute atomic E-state index is 5.30. The number of hydrogen-bond donors (Lipinski definition) is 0. The molecule has 0 radical (unpaired) electrons. The summed E-state index contributed by atoms with van der Waals surface area (Å²) in [6, 6.07) is 0. The molecule has 0 N–H and O–H groups in total. The van der Waals surface area contributed by atoms with E-state index in [0.29, 0.717) is 11.8 Å². The molecular formula is C16H21BrN6O. The first kappa shape index (κ1) is 16.9. The zero-order valence-electron chi connectivity index (χ0n) is 13.9. The number of piperidine rings is 1. The molecule has 2 aromatic rings. The summed E-state index contributed by atoms with van der Waals surface area (Å²) < 4.78 is 6.20. The van der Waals surface area contributed by atoms with Crippen LogP contribution in [-0.4, -0.2) is 53.7 Å². The van der Waals surface area contributed by atoms with Gasteiger partial charge in [-0.05, 0) is 34.7 Å². The van der Waals surface area contributed by atoms with Gasteiger partial charge in [-0.3, -0.25) is 0 Å². The molecule has 0 aromatic carbocycles. The fourth-order valence-electron chi connectivity index (χ4n) is 2.98. The van der Waals surface area contributed by atoms with Crippen molar-refractivity contribution in [1.29, 1.82) is 0 Å². The van der Waals surface area contributed by atoms with Gasteiger partial charge in [0.25, 0.3) is 5.88 Å². The summed E-state index contributed by atoms with van der Waals surface area (Å²) in [7, 11) is 3.66. The summed E-state index contributed by atoms with van der Waals surface area (Å²) in [6.07, 6.45) is 9.14. The van der Waals surface area contributed by atoms with Gasteiger partial charge in [-0.1, -0.05) is 0 Å². The van der Waals surface area contributed by atoms with Crippen molar-refractivity contribution < 1.29 is 4.74 Å². The predicted octanol–water partition coefficient (Wildman–Crippen LogP) is 2.39. The minimum Gasteiger partial charge on any atom is -0.478 e. The molecule has 7 nitrogen and oxygen atoms in total. The first-order valence-electron chi connectivity index (χ1n) is 7.96. The van der Waals surface area contributed by atoms with E-state index in [1.54, 1.807) is 31.9 Å². The molecule has 0 bridgehead atoms. The fraction of sp³-hybridized carbons (Fsp3) is 0.500. The largest absolute Gasteiger partial charge is 0.478 e. The fourth-order valence-corrected chi connectivity index (χ4v) is 3.19. The highest BCUT2D eigenvalue weighted by atomic mass is 79.9. The first-order chi connectivity index (χ1) is 11.7. The molecule has 8 heteroatoms. The van der Waals surface area contributed by atoms with Gasteiger partial charge in [0.2, 0.25) is 5.95 Å². The minimum atomic E-state index is 0.570. The lowest BCUT2D eigenvalue weighted by atomic mass is 9.96. The summed E-state index contributed by atoms with van der Waals surface area (Å²) in [5.74, 6) is 2.77. The van der Waals surface area contributed by atoms with Crippen molar-refractivity contribution in [2.45, 2.75) is 12.8 Å². The monoisotopic (exact) mass is 392 g/mol. The van der Waals surface area contributed by atoms with Crippen molar-refractivity contribution in [3.05, 3.63) is 29.3 Å². The first-order valence-corrected chi connectivity index (χ1v) is 8.75. The average molecular weight is 393 g/mol. The average Bonchev–Trinajstić information content (AvgIpc) is 2.63. The highest BCUT2D eigenvalue weighted by Crippen LogP contribution is 2.26. The Bertz CT molecular complexity index is 660. The molecule has 0 unspecified atom stereocenters. The van der Waals surface area contributed by atoms with Crippen LogP contribution in [-0.2, 0) is 0 Å². The quantitative estimate of drug-likeness (QED) is 0.773. The van der Waals surface area contributed by atoms with Gasteiger partial charge in [0.15, 0.2) is 5.82 Å². The number of rotatable bonds is 5. The molecule has 1 fully saturated rings. The Morgan fingerprint density at radius 3 is 2.50 bits per heavy atom. The molecule has 2 aromatic heterocycles. The van der Waals surface area contributed by atoms with Gasteiger partial charge in [0.1, 0.15) is 0 Å². The number of halogens is 1. The van der Waals surface area contributed by atoms with Crippen LogP contribution in [0.1, 0.15) is 12.8 Å². The molecular weight excluding hydrogens is 372 g/mol. The van der Waals surface area contributed by atoms with E-state index in [0.717, 1.165) is 48.7 Å². The van der Waals surface area contributed by atoms with Crippen molar-refractivity contribution in [2.24, 2.45) is 5.92 Å². The molecule has 0 aliphatic carbocycles. The second kappa shape index (κ2) is 7.74. The molecule has 0 spiro atoms. The Kier molecular flexibility index (Phi) is 5.44. The Morgan fingerprint density at radius 2 is 1.83 bits per heavy atom. The van der Waals surface area contributed by atoms with E-state index in [-0.39, 0.29) is 0 Å². The van der Waals surface area contributed by atoms with Crippen LogP contribution in [0.5, 0.6) is 5.88 Å². The molecule has 0 saturated carbocycles. The molecule has 0 atom stereocenters. The summed E-state index contributed by atoms with van der Waals surface area (Å²) in [5.41, 5.74) is 0. The Balaban J connectivity index is 1.56. The number of hydrogen-bond acceptors (Lipinski definition) is 7. The predicted molar refractivity (Wildman–Crippen MR) is 96.5 cm³/mol. The van der Waals surface area contributed by atoms with Crippen LogP contribution in [0.2, 0.25) is 0 Å². The lowest BCUT2D eigenvalue weighted by Crippen LogP contribution is -2.38. The highest BCUT2D eigenvalue weighted by Gasteiger charge is 2.23. The second-order valence-electron chi connectivity index (χ2n) is 5.90. The zero-order valence-corrected chi connectivity index (χ0v) is 15.5. The smallest absolute Gasteiger partial charge is 0.257 e. The summed E-state index contributed by atoms with van der Waals surface area (Å²) in [5, 5.41) is 0. The van der Waals surface area contributed by atoms with Gasteiger partial charge in [0, 0.05) is 51.5 Å². The van der Waals surface area contributed by atoms with Crippen LogP contribution < -0.4 is 14.5 Å². The van der Waals surface area contributed by atoms with Crippen molar-refractivity contribution in [3.8, 4) is 5.88 Å². The van der Waals surface area contributed by atoms with Gasteiger partial charge in [0.05, 0.1) is 11.6 Å². The Morgan fingerprint density at radius 1 is 1.17 bits per heavy atom. The molecule has 1 aliphatic rings. The summed E-state index contributed by atoms with van der Waals surface area (Å²) in [4.78, 5) is 21.7. The van der Waals surface area contributed by atoms with E-state index in [1.807, 2.05) is 7.05 Å². The van der Waals surface area contributed by atoms with Crippen LogP contribution in [0.25, 0.3) is 0 Å². The lowest BCUT2D eigenvalue weighted by Gasteiger charge is -2.34. The van der Waals surface area contributed by atoms with Crippen LogP contribution in [0.3, 0.4) is 0 Å². The summed E-state index contributed by atoms with van der Waals surface area (Å²) in [6.45, 7) is 2.87. The van der Waals surface area contributed by atoms with Gasteiger partial charge in [-0.2, -0.15) is 0 Å². The third-order valence-corrected chi connectivity index (χ3v) is 4.65. The number of aromatic nitrogens is 4. The van der Waals surface area contributed by atoms with Crippen molar-refractivity contribution in [3.63, 3.8) is 0 Å². The second-order valence-corrected chi connectivity index (χ2v) is 6.82. The van der Waals surface area contributed by atoms with Gasteiger partial charge in [-0.25, -0.2) is 19.9 Å². The Labute approximate surface area is 150 Å². The SMILES string of the molecule is COc1nccnc1N(C)CC1CCN(c2ncc(Br)cn2)CC1. The van der Waals surface area contributed by atoms with Crippen LogP contribution >= 0.6 is 15.9 Å². The van der Waals surface area contributed by atoms with E-state index >= 15 is 0 Å². The van der Waals surface area contributed by atoms with Crippen LogP contribution in [0.15, 0.2) is 29.3 Å². The third kappa shape index (κ3) is 3.92. The van der Waals surface area contributed by atoms with Crippen molar-refractivity contribution in [2.75, 3.05) is 43.6 Å². The summed E-state index contributed by atoms with van der Waals surface area (Å²) >= 11 is 3.37. The topological polar surface area (TPSA) is 67.3 Å². The van der Waals surface area contributed by atoms with Gasteiger partial charge in [-0.15, -0.1) is 0 Å². The maximum atomic E-state index is 5.30. The van der Waals surface area contributed by atoms with Crippen molar-refractivity contribution in [1.82, 2.24) is 19.9 Å². The standard InChI is InChI=1S/C16H21BrN6O/c1-22(14-15(24-2)19-6-5-18-14)11-12-3-7-23(8-4-12)16-20-9-13(17)10-21-16/h5-6,9-10,12H,3-4,7-8,11H2,1-2H3. The molecule has 1 aliphatic heterocycles. The molecule has 3 rings (SSSR count). The van der Waals surface area contributed by atoms with E-state index in [1.165, 1.54) is 0 Å². The zero-order chi connectivity index (χ0) is 16.9. The normalized spacial score (nSPS) is 15.4. The third-order valence-electron chi connectivity index (χ3n) is 4.24. The van der Waals surface area contributed by atoms with Crippen molar-refractivity contribution >= 4 is 27.7 Å². The minimum absolute atomic E-state index is 0.570. The van der Waals surface area contributed by atoms with Crippen LogP contribution in [0.4, 0.5) is 11.8 Å². The number of methoxy groups -OCH3 is 1. The van der Waals surface area contributed by atoms with E-state index in [9.17, 15) is 0 Å². The molecule has 3 heterocycles. The number of anilines is 2. The van der Waals surface area contributed by atoms with Gasteiger partial charge >= 0.3 is 0 Å². The molecule has 128 valence electrons. The van der Waals surface area contributed by atoms with Crippen LogP contribution in [0, 0.1) is 5.92 Å². The van der Waals surface area contributed by atoms with E-state index in [2.05, 4.69) is 45.7 Å². The maximum Gasteiger partial charge on any atom is 0.257 e. The lowest BCUT2D eigenvalue weighted by molar-refractivity contribution is 0.386. The molecule has 1 saturated heterocycles. The Hall–Kier alpha value is -1.96. The molecule has 24 heavy (non-hydrogen) atoms. The molecule has 0 amide bonds. The number of nitrogens with zero attached hydrogens (tertiary/aromatic N) is 6.